The van der Waals surface area contributed by atoms with Gasteiger partial charge in [0.1, 0.15) is 0 Å². The van der Waals surface area contributed by atoms with Gasteiger partial charge in [-0.15, -0.1) is 0 Å². The van der Waals surface area contributed by atoms with Crippen molar-refractivity contribution in [1.29, 1.82) is 5.26 Å². The first-order chi connectivity index (χ1) is 8.48. The molecular weight excluding hydrogens is 244 g/mol. The molecule has 0 aliphatic heterocycles. The monoisotopic (exact) mass is 264 g/mol. The van der Waals surface area contributed by atoms with Crippen LogP contribution in [-0.4, -0.2) is 29.3 Å². The number of rotatable bonds is 6. The van der Waals surface area contributed by atoms with E-state index in [4.69, 9.17) is 5.26 Å². The molecule has 0 spiro atoms. The van der Waals surface area contributed by atoms with Crippen molar-refractivity contribution in [3.8, 4) is 6.07 Å². The lowest BCUT2D eigenvalue weighted by Crippen LogP contribution is -2.40. The Balaban J connectivity index is 2.60. The highest BCUT2D eigenvalue weighted by molar-refractivity contribution is 7.98. The second-order valence-corrected chi connectivity index (χ2v) is 5.64. The average Bonchev–Trinajstić information content (AvgIpc) is 2.36. The summed E-state index contributed by atoms with van der Waals surface area (Å²) in [5, 5.41) is 22.2. The van der Waals surface area contributed by atoms with Crippen molar-refractivity contribution in [2.75, 3.05) is 18.6 Å². The standard InChI is InChI=1S/C14H20N2OS/c1-11(16-9-14(2,17)10-18-3)13-6-4-5-12(7-13)8-15/h4-7,11,16-17H,9-10H2,1-3H3. The van der Waals surface area contributed by atoms with Crippen molar-refractivity contribution in [3.05, 3.63) is 35.4 Å². The van der Waals surface area contributed by atoms with Gasteiger partial charge in [0, 0.05) is 18.3 Å². The third kappa shape index (κ3) is 4.69. The quantitative estimate of drug-likeness (QED) is 0.828. The van der Waals surface area contributed by atoms with E-state index in [2.05, 4.69) is 11.4 Å². The van der Waals surface area contributed by atoms with E-state index in [1.807, 2.05) is 38.3 Å². The third-order valence-corrected chi connectivity index (χ3v) is 3.67. The average molecular weight is 264 g/mol. The zero-order valence-corrected chi connectivity index (χ0v) is 11.9. The summed E-state index contributed by atoms with van der Waals surface area (Å²) >= 11 is 1.63. The molecule has 0 aromatic heterocycles. The van der Waals surface area contributed by atoms with Gasteiger partial charge >= 0.3 is 0 Å². The van der Waals surface area contributed by atoms with E-state index in [1.54, 1.807) is 17.8 Å². The maximum absolute atomic E-state index is 10.1. The van der Waals surface area contributed by atoms with Gasteiger partial charge in [0.25, 0.3) is 0 Å². The summed E-state index contributed by atoms with van der Waals surface area (Å²) in [6, 6.07) is 9.79. The molecule has 0 bridgehead atoms. The molecule has 18 heavy (non-hydrogen) atoms. The van der Waals surface area contributed by atoms with Crippen molar-refractivity contribution in [2.24, 2.45) is 0 Å². The van der Waals surface area contributed by atoms with E-state index in [1.165, 1.54) is 0 Å². The minimum atomic E-state index is -0.708. The van der Waals surface area contributed by atoms with Crippen LogP contribution in [0, 0.1) is 11.3 Å². The van der Waals surface area contributed by atoms with Crippen LogP contribution in [0.25, 0.3) is 0 Å². The Labute approximate surface area is 113 Å². The van der Waals surface area contributed by atoms with E-state index in [0.717, 1.165) is 5.56 Å². The highest BCUT2D eigenvalue weighted by Gasteiger charge is 2.20. The summed E-state index contributed by atoms with van der Waals surface area (Å²) in [6.07, 6.45) is 1.98. The van der Waals surface area contributed by atoms with Gasteiger partial charge in [0.05, 0.1) is 17.2 Å². The predicted molar refractivity (Wildman–Crippen MR) is 76.6 cm³/mol. The first kappa shape index (κ1) is 15.0. The molecule has 2 N–H and O–H groups in total. The molecule has 2 atom stereocenters. The number of hydrogen-bond donors (Lipinski definition) is 2. The normalized spacial score (nSPS) is 15.7. The van der Waals surface area contributed by atoms with Gasteiger partial charge in [0.2, 0.25) is 0 Å². The summed E-state index contributed by atoms with van der Waals surface area (Å²) < 4.78 is 0. The van der Waals surface area contributed by atoms with E-state index in [9.17, 15) is 5.11 Å². The molecule has 0 radical (unpaired) electrons. The largest absolute Gasteiger partial charge is 0.388 e. The van der Waals surface area contributed by atoms with Crippen molar-refractivity contribution in [1.82, 2.24) is 5.32 Å². The topological polar surface area (TPSA) is 56.0 Å². The maximum Gasteiger partial charge on any atom is 0.0991 e. The molecule has 2 unspecified atom stereocenters. The van der Waals surface area contributed by atoms with Gasteiger partial charge in [-0.1, -0.05) is 12.1 Å². The van der Waals surface area contributed by atoms with Gasteiger partial charge < -0.3 is 10.4 Å². The van der Waals surface area contributed by atoms with Crippen molar-refractivity contribution in [2.45, 2.75) is 25.5 Å². The van der Waals surface area contributed by atoms with Gasteiger partial charge in [-0.3, -0.25) is 0 Å². The fraction of sp³-hybridized carbons (Fsp3) is 0.500. The van der Waals surface area contributed by atoms with E-state index >= 15 is 0 Å². The molecule has 0 aliphatic rings. The van der Waals surface area contributed by atoms with Crippen molar-refractivity contribution < 1.29 is 5.11 Å². The van der Waals surface area contributed by atoms with Crippen LogP contribution in [0.5, 0.6) is 0 Å². The number of nitrogens with zero attached hydrogens (tertiary/aromatic N) is 1. The van der Waals surface area contributed by atoms with Gasteiger partial charge in [-0.05, 0) is 37.8 Å². The molecule has 1 aromatic rings. The highest BCUT2D eigenvalue weighted by Crippen LogP contribution is 2.16. The summed E-state index contributed by atoms with van der Waals surface area (Å²) in [5.41, 5.74) is 1.02. The Hall–Kier alpha value is -1.02. The fourth-order valence-corrected chi connectivity index (χ4v) is 2.45. The summed E-state index contributed by atoms with van der Waals surface area (Å²) in [7, 11) is 0. The second-order valence-electron chi connectivity index (χ2n) is 4.77. The van der Waals surface area contributed by atoms with Gasteiger partial charge in [0.15, 0.2) is 0 Å². The van der Waals surface area contributed by atoms with Crippen LogP contribution in [0.1, 0.15) is 31.0 Å². The Morgan fingerprint density at radius 2 is 2.28 bits per heavy atom. The number of nitrogens with one attached hydrogen (secondary N) is 1. The van der Waals surface area contributed by atoms with Crippen molar-refractivity contribution in [3.63, 3.8) is 0 Å². The van der Waals surface area contributed by atoms with Crippen molar-refractivity contribution >= 4 is 11.8 Å². The summed E-state index contributed by atoms with van der Waals surface area (Å²) in [5.74, 6) is 0.699. The molecular formula is C14H20N2OS. The number of nitriles is 1. The zero-order chi connectivity index (χ0) is 13.6. The molecule has 0 fully saturated rings. The molecule has 0 amide bonds. The Morgan fingerprint density at radius 1 is 1.56 bits per heavy atom. The molecule has 4 heteroatoms. The number of hydrogen-bond acceptors (Lipinski definition) is 4. The van der Waals surface area contributed by atoms with Crippen LogP contribution >= 0.6 is 11.8 Å². The maximum atomic E-state index is 10.1. The van der Waals surface area contributed by atoms with E-state index in [-0.39, 0.29) is 6.04 Å². The lowest BCUT2D eigenvalue weighted by atomic mass is 10.0. The second kappa shape index (κ2) is 6.79. The molecule has 0 saturated carbocycles. The first-order valence-corrected chi connectivity index (χ1v) is 7.32. The number of thioether (sulfide) groups is 1. The molecule has 1 rings (SSSR count). The molecule has 0 heterocycles. The highest BCUT2D eigenvalue weighted by atomic mass is 32.2. The van der Waals surface area contributed by atoms with Crippen LogP contribution in [0.2, 0.25) is 0 Å². The van der Waals surface area contributed by atoms with Crippen LogP contribution in [0.3, 0.4) is 0 Å². The lowest BCUT2D eigenvalue weighted by Gasteiger charge is -2.25. The summed E-state index contributed by atoms with van der Waals surface area (Å²) in [6.45, 7) is 4.40. The lowest BCUT2D eigenvalue weighted by molar-refractivity contribution is 0.0821. The Bertz CT molecular complexity index is 426. The van der Waals surface area contributed by atoms with E-state index < -0.39 is 5.60 Å². The van der Waals surface area contributed by atoms with Gasteiger partial charge in [-0.2, -0.15) is 17.0 Å². The first-order valence-electron chi connectivity index (χ1n) is 5.93. The molecule has 98 valence electrons. The zero-order valence-electron chi connectivity index (χ0n) is 11.1. The molecule has 3 nitrogen and oxygen atoms in total. The third-order valence-electron chi connectivity index (χ3n) is 2.76. The van der Waals surface area contributed by atoms with Gasteiger partial charge in [-0.25, -0.2) is 0 Å². The van der Waals surface area contributed by atoms with Crippen LogP contribution < -0.4 is 5.32 Å². The Kier molecular flexibility index (Phi) is 5.67. The minimum absolute atomic E-state index is 0.117. The van der Waals surface area contributed by atoms with Crippen LogP contribution in [0.4, 0.5) is 0 Å². The minimum Gasteiger partial charge on any atom is -0.388 e. The SMILES string of the molecule is CSCC(C)(O)CNC(C)c1cccc(C#N)c1. The number of aliphatic hydroxyl groups is 1. The fourth-order valence-electron chi connectivity index (χ4n) is 1.73. The van der Waals surface area contributed by atoms with E-state index in [0.29, 0.717) is 17.9 Å². The number of benzene rings is 1. The smallest absolute Gasteiger partial charge is 0.0991 e. The Morgan fingerprint density at radius 3 is 2.89 bits per heavy atom. The summed E-state index contributed by atoms with van der Waals surface area (Å²) in [4.78, 5) is 0. The predicted octanol–water partition coefficient (Wildman–Crippen LogP) is 2.32. The molecule has 0 aliphatic carbocycles. The van der Waals surface area contributed by atoms with Crippen LogP contribution in [0.15, 0.2) is 24.3 Å². The molecule has 0 saturated heterocycles. The van der Waals surface area contributed by atoms with Crippen LogP contribution in [-0.2, 0) is 0 Å². The molecule has 1 aromatic carbocycles.